The predicted molar refractivity (Wildman–Crippen MR) is 137 cm³/mol. The summed E-state index contributed by atoms with van der Waals surface area (Å²) in [5.41, 5.74) is 0.900. The topological polar surface area (TPSA) is 88.9 Å². The van der Waals surface area contributed by atoms with Gasteiger partial charge in [0.25, 0.3) is 5.91 Å². The lowest BCUT2D eigenvalue weighted by molar-refractivity contribution is -0.113. The van der Waals surface area contributed by atoms with Crippen LogP contribution in [0.2, 0.25) is 15.1 Å². The van der Waals surface area contributed by atoms with Crippen LogP contribution in [0.25, 0.3) is 0 Å². The maximum absolute atomic E-state index is 12.6. The molecule has 0 fully saturated rings. The van der Waals surface area contributed by atoms with Gasteiger partial charge in [-0.25, -0.2) is 0 Å². The number of thioether (sulfide) groups is 1. The molecule has 0 saturated carbocycles. The highest BCUT2D eigenvalue weighted by Crippen LogP contribution is 2.32. The van der Waals surface area contributed by atoms with Gasteiger partial charge in [-0.1, -0.05) is 58.7 Å². The number of nitrogens with zero attached hydrogens (tertiary/aromatic N) is 3. The van der Waals surface area contributed by atoms with Gasteiger partial charge in [-0.3, -0.25) is 9.59 Å². The maximum Gasteiger partial charge on any atom is 0.253 e. The number of carbonyl (C=O) groups excluding carboxylic acids is 2. The summed E-state index contributed by atoms with van der Waals surface area (Å²) < 4.78 is 2.56. The lowest BCUT2D eigenvalue weighted by atomic mass is 10.2. The number of benzene rings is 2. The number of rotatable bonds is 8. The van der Waals surface area contributed by atoms with E-state index < -0.39 is 6.04 Å². The van der Waals surface area contributed by atoms with Gasteiger partial charge in [0.2, 0.25) is 5.91 Å². The molecule has 2 aromatic carbocycles. The monoisotopic (exact) mass is 589 g/mol. The molecule has 2 amide bonds. The normalized spacial score (nSPS) is 11.8. The van der Waals surface area contributed by atoms with Crippen LogP contribution >= 0.6 is 62.5 Å². The quantitative estimate of drug-likeness (QED) is 0.239. The molecule has 0 aliphatic heterocycles. The van der Waals surface area contributed by atoms with E-state index >= 15 is 0 Å². The molecule has 12 heteroatoms. The SMILES string of the molecule is CCn1c(SCC(=O)Nc2cc(Cl)c(Cl)cc2Cl)nnc1C(C)NC(=O)c1ccccc1Br. The molecule has 0 aliphatic carbocycles. The van der Waals surface area contributed by atoms with E-state index in [1.165, 1.54) is 23.9 Å². The smallest absolute Gasteiger partial charge is 0.253 e. The van der Waals surface area contributed by atoms with Gasteiger partial charge in [-0.15, -0.1) is 10.2 Å². The Morgan fingerprint density at radius 3 is 2.52 bits per heavy atom. The van der Waals surface area contributed by atoms with E-state index in [0.717, 1.165) is 0 Å². The van der Waals surface area contributed by atoms with Crippen molar-refractivity contribution in [1.29, 1.82) is 0 Å². The number of halogens is 4. The Bertz CT molecular complexity index is 1190. The number of aromatic nitrogens is 3. The molecule has 3 rings (SSSR count). The van der Waals surface area contributed by atoms with E-state index in [4.69, 9.17) is 34.8 Å². The fourth-order valence-electron chi connectivity index (χ4n) is 2.94. The van der Waals surface area contributed by atoms with Crippen molar-refractivity contribution in [3.05, 3.63) is 67.3 Å². The molecule has 0 bridgehead atoms. The number of amides is 2. The zero-order valence-electron chi connectivity index (χ0n) is 17.5. The molecular formula is C21H19BrCl3N5O2S. The van der Waals surface area contributed by atoms with E-state index in [-0.39, 0.29) is 27.6 Å². The van der Waals surface area contributed by atoms with Crippen molar-refractivity contribution in [3.63, 3.8) is 0 Å². The molecule has 1 heterocycles. The van der Waals surface area contributed by atoms with E-state index in [9.17, 15) is 9.59 Å². The molecular weight excluding hydrogens is 573 g/mol. The molecule has 174 valence electrons. The third-order valence-electron chi connectivity index (χ3n) is 4.53. The van der Waals surface area contributed by atoms with Crippen LogP contribution in [0.15, 0.2) is 46.0 Å². The average molecular weight is 592 g/mol. The van der Waals surface area contributed by atoms with Crippen molar-refractivity contribution in [2.24, 2.45) is 0 Å². The third kappa shape index (κ3) is 6.42. The summed E-state index contributed by atoms with van der Waals surface area (Å²) in [5, 5.41) is 15.5. The van der Waals surface area contributed by atoms with Gasteiger partial charge in [0.1, 0.15) is 0 Å². The van der Waals surface area contributed by atoms with Crippen LogP contribution in [0.4, 0.5) is 5.69 Å². The first-order chi connectivity index (χ1) is 15.7. The molecule has 7 nitrogen and oxygen atoms in total. The van der Waals surface area contributed by atoms with Crippen molar-refractivity contribution in [2.75, 3.05) is 11.1 Å². The van der Waals surface area contributed by atoms with Gasteiger partial charge in [0.05, 0.1) is 38.1 Å². The first kappa shape index (κ1) is 25.8. The van der Waals surface area contributed by atoms with Crippen molar-refractivity contribution in [3.8, 4) is 0 Å². The summed E-state index contributed by atoms with van der Waals surface area (Å²) in [7, 11) is 0. The zero-order chi connectivity index (χ0) is 24.1. The van der Waals surface area contributed by atoms with Crippen LogP contribution in [-0.4, -0.2) is 32.3 Å². The Balaban J connectivity index is 1.65. The fourth-order valence-corrected chi connectivity index (χ4v) is 4.81. The third-order valence-corrected chi connectivity index (χ3v) is 7.22. The van der Waals surface area contributed by atoms with Crippen molar-refractivity contribution < 1.29 is 9.59 Å². The molecule has 1 unspecified atom stereocenters. The van der Waals surface area contributed by atoms with Gasteiger partial charge in [0.15, 0.2) is 11.0 Å². The van der Waals surface area contributed by atoms with Gasteiger partial charge < -0.3 is 15.2 Å². The number of anilines is 1. The minimum Gasteiger partial charge on any atom is -0.342 e. The van der Waals surface area contributed by atoms with Crippen LogP contribution in [-0.2, 0) is 11.3 Å². The van der Waals surface area contributed by atoms with E-state index in [1.54, 1.807) is 18.2 Å². The minimum atomic E-state index is -0.393. The van der Waals surface area contributed by atoms with Crippen LogP contribution in [0, 0.1) is 0 Å². The Kier molecular flexibility index (Phi) is 9.06. The lowest BCUT2D eigenvalue weighted by Gasteiger charge is -2.15. The number of nitrogens with one attached hydrogen (secondary N) is 2. The summed E-state index contributed by atoms with van der Waals surface area (Å²) in [5.74, 6) is 0.149. The van der Waals surface area contributed by atoms with E-state index in [1.807, 2.05) is 24.5 Å². The summed E-state index contributed by atoms with van der Waals surface area (Å²) in [6.45, 7) is 4.34. The Morgan fingerprint density at radius 1 is 1.12 bits per heavy atom. The second-order valence-electron chi connectivity index (χ2n) is 6.84. The maximum atomic E-state index is 12.6. The standard InChI is InChI=1S/C21H19BrCl3N5O2S/c1-3-30-19(11(2)26-20(32)12-6-4-5-7-13(12)22)28-29-21(30)33-10-18(31)27-17-9-15(24)14(23)8-16(17)25/h4-9,11H,3,10H2,1-2H3,(H,26,32)(H,27,31). The van der Waals surface area contributed by atoms with Gasteiger partial charge in [0, 0.05) is 11.0 Å². The highest BCUT2D eigenvalue weighted by molar-refractivity contribution is 9.10. The number of hydrogen-bond donors (Lipinski definition) is 2. The molecule has 33 heavy (non-hydrogen) atoms. The molecule has 1 atom stereocenters. The Morgan fingerprint density at radius 2 is 1.82 bits per heavy atom. The fraction of sp³-hybridized carbons (Fsp3) is 0.238. The summed E-state index contributed by atoms with van der Waals surface area (Å²) >= 11 is 22.6. The molecule has 3 aromatic rings. The van der Waals surface area contributed by atoms with Crippen molar-refractivity contribution >= 4 is 80.0 Å². The van der Waals surface area contributed by atoms with Crippen LogP contribution in [0.5, 0.6) is 0 Å². The second-order valence-corrected chi connectivity index (χ2v) is 9.86. The van der Waals surface area contributed by atoms with E-state index in [2.05, 4.69) is 36.8 Å². The van der Waals surface area contributed by atoms with E-state index in [0.29, 0.717) is 38.3 Å². The van der Waals surface area contributed by atoms with Gasteiger partial charge in [-0.2, -0.15) is 0 Å². The Labute approximate surface area is 218 Å². The second kappa shape index (κ2) is 11.6. The van der Waals surface area contributed by atoms with Gasteiger partial charge in [-0.05, 0) is 54.0 Å². The van der Waals surface area contributed by atoms with Crippen LogP contribution in [0.3, 0.4) is 0 Å². The molecule has 1 aromatic heterocycles. The zero-order valence-corrected chi connectivity index (χ0v) is 22.2. The van der Waals surface area contributed by atoms with Crippen LogP contribution < -0.4 is 10.6 Å². The highest BCUT2D eigenvalue weighted by atomic mass is 79.9. The molecule has 0 saturated heterocycles. The first-order valence-electron chi connectivity index (χ1n) is 9.77. The molecule has 0 radical (unpaired) electrons. The van der Waals surface area contributed by atoms with Crippen molar-refractivity contribution in [1.82, 2.24) is 20.1 Å². The molecule has 0 spiro atoms. The number of hydrogen-bond acceptors (Lipinski definition) is 5. The van der Waals surface area contributed by atoms with Crippen molar-refractivity contribution in [2.45, 2.75) is 31.6 Å². The summed E-state index contributed by atoms with van der Waals surface area (Å²) in [6, 6.07) is 9.75. The van der Waals surface area contributed by atoms with Crippen LogP contribution in [0.1, 0.15) is 36.1 Å². The Hall–Kier alpha value is -1.78. The average Bonchev–Trinajstić information content (AvgIpc) is 3.19. The molecule has 2 N–H and O–H groups in total. The predicted octanol–water partition coefficient (Wildman–Crippen LogP) is 6.24. The molecule has 0 aliphatic rings. The summed E-state index contributed by atoms with van der Waals surface area (Å²) in [6.07, 6.45) is 0. The lowest BCUT2D eigenvalue weighted by Crippen LogP contribution is -2.29. The summed E-state index contributed by atoms with van der Waals surface area (Å²) in [4.78, 5) is 25.1. The minimum absolute atomic E-state index is 0.0758. The van der Waals surface area contributed by atoms with Gasteiger partial charge >= 0.3 is 0 Å². The highest BCUT2D eigenvalue weighted by Gasteiger charge is 2.21. The first-order valence-corrected chi connectivity index (χ1v) is 12.7. The largest absolute Gasteiger partial charge is 0.342 e. The number of carbonyl (C=O) groups is 2.